The van der Waals surface area contributed by atoms with E-state index in [4.69, 9.17) is 15.2 Å². The minimum Gasteiger partial charge on any atom is -0.454 e. The maximum Gasteiger partial charge on any atom is 0.247 e. The smallest absolute Gasteiger partial charge is 0.247 e. The minimum atomic E-state index is -0.320. The molecule has 2 aromatic carbocycles. The Morgan fingerprint density at radius 1 is 1.20 bits per heavy atom. The second-order valence-electron chi connectivity index (χ2n) is 10.2. The Morgan fingerprint density at radius 3 is 2.68 bits per heavy atom. The number of aryl methyl sites for hydroxylation is 2. The van der Waals surface area contributed by atoms with Crippen LogP contribution in [0.1, 0.15) is 22.4 Å². The van der Waals surface area contributed by atoms with E-state index < -0.39 is 0 Å². The largest absolute Gasteiger partial charge is 0.454 e. The van der Waals surface area contributed by atoms with E-state index in [0.29, 0.717) is 46.2 Å². The number of nitrogens with zero attached hydrogens (tertiary/aromatic N) is 5. The first-order chi connectivity index (χ1) is 19.6. The standard InChI is InChI=1S/C30H32N8O3/c1-7-25(40)32-21-10-9-19(15-23(21)37(6)13-12-36(4)5)38-28(26-27(35-38)22(16-39)33-34-30(26)31)29-18(3)20-14-17(2)8-11-24(20)41-29/h7-11,14-15,33H,1,12-13H2,2-6H3,(H2,31,34)(H,32,40). The van der Waals surface area contributed by atoms with Crippen LogP contribution in [0.25, 0.3) is 33.8 Å². The molecular formula is C30H32N8O3. The molecule has 1 amide bonds. The topological polar surface area (TPSA) is 134 Å². The molecular weight excluding hydrogens is 520 g/mol. The van der Waals surface area contributed by atoms with Crippen LogP contribution in [0.3, 0.4) is 0 Å². The van der Waals surface area contributed by atoms with E-state index in [9.17, 15) is 9.59 Å². The third-order valence-electron chi connectivity index (χ3n) is 7.04. The third-order valence-corrected chi connectivity index (χ3v) is 7.04. The highest BCUT2D eigenvalue weighted by Crippen LogP contribution is 2.40. The van der Waals surface area contributed by atoms with Gasteiger partial charge in [-0.15, -0.1) is 0 Å². The maximum absolute atomic E-state index is 12.2. The van der Waals surface area contributed by atoms with Gasteiger partial charge in [0.05, 0.1) is 22.6 Å². The van der Waals surface area contributed by atoms with Crippen molar-refractivity contribution < 1.29 is 14.0 Å². The quantitative estimate of drug-likeness (QED) is 0.224. The molecule has 1 aliphatic heterocycles. The highest BCUT2D eigenvalue weighted by molar-refractivity contribution is 6.10. The molecule has 5 rings (SSSR count). The summed E-state index contributed by atoms with van der Waals surface area (Å²) in [6.07, 6.45) is 1.23. The number of carbonyl (C=O) groups excluding carboxylic acids is 2. The molecule has 2 aromatic heterocycles. The second kappa shape index (κ2) is 10.8. The van der Waals surface area contributed by atoms with Gasteiger partial charge in [-0.3, -0.25) is 10.2 Å². The number of amides is 1. The van der Waals surface area contributed by atoms with Crippen molar-refractivity contribution in [3.8, 4) is 17.1 Å². The monoisotopic (exact) mass is 552 g/mol. The number of fused-ring (bicyclic) bond motifs is 2. The number of nitrogens with one attached hydrogen (secondary N) is 2. The van der Waals surface area contributed by atoms with Crippen molar-refractivity contribution in [2.45, 2.75) is 13.8 Å². The maximum atomic E-state index is 12.2. The molecule has 0 aliphatic carbocycles. The zero-order chi connectivity index (χ0) is 29.4. The van der Waals surface area contributed by atoms with Crippen molar-refractivity contribution in [1.82, 2.24) is 20.1 Å². The molecule has 4 aromatic rings. The van der Waals surface area contributed by atoms with E-state index in [1.807, 2.05) is 71.3 Å². The molecule has 0 saturated heterocycles. The molecule has 210 valence electrons. The average Bonchev–Trinajstić information content (AvgIpc) is 3.50. The minimum absolute atomic E-state index is 0.0667. The van der Waals surface area contributed by atoms with Gasteiger partial charge in [-0.05, 0) is 64.4 Å². The van der Waals surface area contributed by atoms with Gasteiger partial charge in [-0.1, -0.05) is 18.2 Å². The predicted molar refractivity (Wildman–Crippen MR) is 162 cm³/mol. The van der Waals surface area contributed by atoms with Crippen LogP contribution >= 0.6 is 0 Å². The Labute approximate surface area is 237 Å². The van der Waals surface area contributed by atoms with Crippen molar-refractivity contribution in [2.24, 2.45) is 10.8 Å². The number of likely N-dealkylation sites (N-methyl/N-ethyl adjacent to an activating group) is 2. The third kappa shape index (κ3) is 5.00. The summed E-state index contributed by atoms with van der Waals surface area (Å²) in [4.78, 5) is 28.2. The van der Waals surface area contributed by atoms with Crippen LogP contribution in [0.5, 0.6) is 0 Å². The number of amidine groups is 1. The lowest BCUT2D eigenvalue weighted by molar-refractivity contribution is -0.111. The molecule has 41 heavy (non-hydrogen) atoms. The molecule has 0 spiro atoms. The number of aromatic nitrogens is 2. The first kappa shape index (κ1) is 27.4. The van der Waals surface area contributed by atoms with Crippen molar-refractivity contribution in [1.29, 1.82) is 0 Å². The van der Waals surface area contributed by atoms with Crippen LogP contribution in [0.4, 0.5) is 11.4 Å². The molecule has 0 saturated carbocycles. The van der Waals surface area contributed by atoms with Gasteiger partial charge in [0.1, 0.15) is 17.0 Å². The number of rotatable bonds is 8. The number of nitrogens with two attached hydrogens (primary N) is 1. The van der Waals surface area contributed by atoms with E-state index in [1.54, 1.807) is 4.68 Å². The highest BCUT2D eigenvalue weighted by atomic mass is 16.3. The molecule has 3 heterocycles. The number of hydrogen-bond acceptors (Lipinski definition) is 9. The summed E-state index contributed by atoms with van der Waals surface area (Å²) in [6.45, 7) is 9.06. The molecule has 0 atom stereocenters. The number of hydrogen-bond donors (Lipinski definition) is 3. The van der Waals surface area contributed by atoms with Crippen molar-refractivity contribution in [3.05, 3.63) is 71.4 Å². The second-order valence-corrected chi connectivity index (χ2v) is 10.2. The summed E-state index contributed by atoms with van der Waals surface area (Å²) in [7, 11) is 5.95. The molecule has 11 nitrogen and oxygen atoms in total. The summed E-state index contributed by atoms with van der Waals surface area (Å²) < 4.78 is 8.09. The zero-order valence-electron chi connectivity index (χ0n) is 23.7. The van der Waals surface area contributed by atoms with Gasteiger partial charge in [0.25, 0.3) is 0 Å². The molecule has 1 aliphatic rings. The van der Waals surface area contributed by atoms with E-state index in [1.165, 1.54) is 6.08 Å². The van der Waals surface area contributed by atoms with Gasteiger partial charge in [0, 0.05) is 31.1 Å². The fourth-order valence-electron chi connectivity index (χ4n) is 4.82. The highest BCUT2D eigenvalue weighted by Gasteiger charge is 2.32. The Bertz CT molecular complexity index is 1770. The van der Waals surface area contributed by atoms with Crippen LogP contribution in [0.2, 0.25) is 0 Å². The van der Waals surface area contributed by atoms with Gasteiger partial charge in [-0.25, -0.2) is 9.48 Å². The predicted octanol–water partition coefficient (Wildman–Crippen LogP) is 3.42. The Kier molecular flexibility index (Phi) is 7.23. The molecule has 11 heteroatoms. The molecule has 0 radical (unpaired) electrons. The van der Waals surface area contributed by atoms with Gasteiger partial charge < -0.3 is 25.3 Å². The van der Waals surface area contributed by atoms with Crippen molar-refractivity contribution in [2.75, 3.05) is 44.4 Å². The SMILES string of the molecule is C=CC(=O)Nc1ccc(-n2nc3c(c2-c2oc4ccc(C)cc4c2C)C(N)=NNC3=C=O)cc1N(C)CCN(C)C. The van der Waals surface area contributed by atoms with Gasteiger partial charge in [0.2, 0.25) is 5.91 Å². The number of anilines is 2. The number of benzene rings is 2. The number of carbonyl (C=O) groups is 1. The summed E-state index contributed by atoms with van der Waals surface area (Å²) in [5, 5.41) is 12.8. The fourth-order valence-corrected chi connectivity index (χ4v) is 4.82. The van der Waals surface area contributed by atoms with Gasteiger partial charge in [0.15, 0.2) is 23.2 Å². The number of furan rings is 1. The lowest BCUT2D eigenvalue weighted by Crippen LogP contribution is -2.29. The number of hydrazone groups is 1. The Balaban J connectivity index is 1.77. The van der Waals surface area contributed by atoms with Crippen molar-refractivity contribution >= 4 is 45.7 Å². The fraction of sp³-hybridized carbons (Fsp3) is 0.233. The van der Waals surface area contributed by atoms with Crippen LogP contribution < -0.4 is 21.4 Å². The summed E-state index contributed by atoms with van der Waals surface area (Å²) in [5.74, 6) is 2.28. The summed E-state index contributed by atoms with van der Waals surface area (Å²) in [6, 6.07) is 11.5. The summed E-state index contributed by atoms with van der Waals surface area (Å²) in [5.41, 5.74) is 15.2. The van der Waals surface area contributed by atoms with Crippen LogP contribution in [-0.2, 0) is 9.59 Å². The Hall–Kier alpha value is -5.12. The van der Waals surface area contributed by atoms with Crippen LogP contribution in [-0.4, -0.2) is 66.6 Å². The van der Waals surface area contributed by atoms with Gasteiger partial charge in [-0.2, -0.15) is 10.2 Å². The van der Waals surface area contributed by atoms with E-state index in [0.717, 1.165) is 28.7 Å². The van der Waals surface area contributed by atoms with Crippen molar-refractivity contribution in [3.63, 3.8) is 0 Å². The molecule has 0 fully saturated rings. The van der Waals surface area contributed by atoms with E-state index in [-0.39, 0.29) is 17.4 Å². The molecule has 0 bridgehead atoms. The Morgan fingerprint density at radius 2 is 1.98 bits per heavy atom. The van der Waals surface area contributed by atoms with Crippen LogP contribution in [0.15, 0.2) is 58.6 Å². The van der Waals surface area contributed by atoms with Gasteiger partial charge >= 0.3 is 0 Å². The summed E-state index contributed by atoms with van der Waals surface area (Å²) >= 11 is 0. The zero-order valence-corrected chi connectivity index (χ0v) is 23.7. The first-order valence-electron chi connectivity index (χ1n) is 13.0. The lowest BCUT2D eigenvalue weighted by atomic mass is 10.0. The average molecular weight is 553 g/mol. The normalized spacial score (nSPS) is 12.5. The van der Waals surface area contributed by atoms with E-state index in [2.05, 4.69) is 38.3 Å². The van der Waals surface area contributed by atoms with E-state index >= 15 is 0 Å². The first-order valence-corrected chi connectivity index (χ1v) is 13.0. The molecule has 4 N–H and O–H groups in total. The lowest BCUT2D eigenvalue weighted by Gasteiger charge is -2.25. The van der Waals surface area contributed by atoms with Crippen LogP contribution in [0, 0.1) is 13.8 Å². The molecule has 0 unspecified atom stereocenters.